The zero-order valence-corrected chi connectivity index (χ0v) is 20.1. The SMILES string of the molecule is CCOC(=O)Cc1ccccc1[As]C(=O)c1sc2ccc(OC)cc2c1OC(C)C. The second-order valence-electron chi connectivity index (χ2n) is 6.82. The molecule has 5 nitrogen and oxygen atoms in total. The third-order valence-corrected chi connectivity index (χ3v) is 8.05. The molecule has 30 heavy (non-hydrogen) atoms. The molecule has 1 heterocycles. The fraction of sp³-hybridized carbons (Fsp3) is 0.304. The maximum absolute atomic E-state index is 13.3. The van der Waals surface area contributed by atoms with Gasteiger partial charge in [-0.3, -0.25) is 0 Å². The van der Waals surface area contributed by atoms with Gasteiger partial charge in [0.15, 0.2) is 0 Å². The fourth-order valence-corrected chi connectivity index (χ4v) is 6.30. The van der Waals surface area contributed by atoms with Crippen molar-refractivity contribution < 1.29 is 23.8 Å². The molecule has 0 aliphatic carbocycles. The van der Waals surface area contributed by atoms with Crippen molar-refractivity contribution in [3.63, 3.8) is 0 Å². The van der Waals surface area contributed by atoms with Crippen LogP contribution in [0.1, 0.15) is 36.0 Å². The Kier molecular flexibility index (Phi) is 7.57. The summed E-state index contributed by atoms with van der Waals surface area (Å²) in [5.74, 6) is 1.06. The van der Waals surface area contributed by atoms with Crippen molar-refractivity contribution in [3.8, 4) is 11.5 Å². The summed E-state index contributed by atoms with van der Waals surface area (Å²) in [5.41, 5.74) is 0.846. The van der Waals surface area contributed by atoms with Gasteiger partial charge in [0, 0.05) is 0 Å². The van der Waals surface area contributed by atoms with E-state index in [2.05, 4.69) is 0 Å². The summed E-state index contributed by atoms with van der Waals surface area (Å²) in [4.78, 5) is 25.9. The molecule has 2 aromatic carbocycles. The predicted molar refractivity (Wildman–Crippen MR) is 121 cm³/mol. The molecule has 0 atom stereocenters. The fourth-order valence-electron chi connectivity index (χ4n) is 2.97. The van der Waals surface area contributed by atoms with Crippen LogP contribution in [0.25, 0.3) is 10.1 Å². The molecular weight excluding hydrogens is 463 g/mol. The van der Waals surface area contributed by atoms with E-state index in [0.717, 1.165) is 25.8 Å². The molecule has 3 aromatic rings. The van der Waals surface area contributed by atoms with Crippen LogP contribution in [0.4, 0.5) is 0 Å². The summed E-state index contributed by atoms with van der Waals surface area (Å²) in [7, 11) is 1.62. The topological polar surface area (TPSA) is 61.8 Å². The first-order chi connectivity index (χ1) is 14.4. The molecule has 0 spiro atoms. The van der Waals surface area contributed by atoms with Gasteiger partial charge in [0.25, 0.3) is 0 Å². The minimum atomic E-state index is -0.840. The monoisotopic (exact) mass is 487 g/mol. The second kappa shape index (κ2) is 10.1. The van der Waals surface area contributed by atoms with Gasteiger partial charge in [-0.05, 0) is 0 Å². The van der Waals surface area contributed by atoms with E-state index in [1.807, 2.05) is 56.3 Å². The van der Waals surface area contributed by atoms with E-state index in [-0.39, 0.29) is 23.1 Å². The molecule has 0 saturated heterocycles. The zero-order chi connectivity index (χ0) is 21.7. The molecule has 0 aliphatic rings. The zero-order valence-electron chi connectivity index (χ0n) is 17.4. The molecule has 3 rings (SSSR count). The first-order valence-corrected chi connectivity index (χ1v) is 12.4. The van der Waals surface area contributed by atoms with Crippen LogP contribution < -0.4 is 13.8 Å². The third-order valence-electron chi connectivity index (χ3n) is 4.25. The Labute approximate surface area is 187 Å². The Morgan fingerprint density at radius 2 is 1.90 bits per heavy atom. The number of hydrogen-bond donors (Lipinski definition) is 0. The van der Waals surface area contributed by atoms with E-state index >= 15 is 0 Å². The number of carbonyl (C=O) groups is 2. The summed E-state index contributed by atoms with van der Waals surface area (Å²) in [6.07, 6.45) is 0.110. The summed E-state index contributed by atoms with van der Waals surface area (Å²) in [6, 6.07) is 13.3. The van der Waals surface area contributed by atoms with E-state index < -0.39 is 15.8 Å². The normalized spacial score (nSPS) is 11.4. The number of benzene rings is 2. The van der Waals surface area contributed by atoms with Gasteiger partial charge in [0.05, 0.1) is 0 Å². The summed E-state index contributed by atoms with van der Waals surface area (Å²) in [6.45, 7) is 6.02. The Morgan fingerprint density at radius 3 is 2.60 bits per heavy atom. The van der Waals surface area contributed by atoms with Crippen LogP contribution >= 0.6 is 11.3 Å². The quantitative estimate of drug-likeness (QED) is 0.338. The first kappa shape index (κ1) is 22.4. The van der Waals surface area contributed by atoms with Gasteiger partial charge in [-0.25, -0.2) is 0 Å². The van der Waals surface area contributed by atoms with Crippen molar-refractivity contribution in [2.75, 3.05) is 13.7 Å². The number of rotatable bonds is 9. The molecule has 0 N–H and O–H groups in total. The van der Waals surface area contributed by atoms with E-state index in [1.165, 1.54) is 11.3 Å². The molecule has 1 radical (unpaired) electrons. The number of carbonyl (C=O) groups excluding carboxylic acids is 2. The summed E-state index contributed by atoms with van der Waals surface area (Å²) < 4.78 is 18.4. The van der Waals surface area contributed by atoms with Gasteiger partial charge in [-0.15, -0.1) is 0 Å². The Bertz CT molecular complexity index is 1060. The van der Waals surface area contributed by atoms with Crippen LogP contribution in [0, 0.1) is 0 Å². The van der Waals surface area contributed by atoms with Crippen LogP contribution in [0.3, 0.4) is 0 Å². The number of methoxy groups -OCH3 is 1. The Balaban J connectivity index is 1.95. The van der Waals surface area contributed by atoms with Gasteiger partial charge in [-0.2, -0.15) is 0 Å². The van der Waals surface area contributed by atoms with Gasteiger partial charge >= 0.3 is 187 Å². The van der Waals surface area contributed by atoms with Crippen molar-refractivity contribution in [1.82, 2.24) is 0 Å². The average Bonchev–Trinajstić information content (AvgIpc) is 3.06. The molecule has 0 unspecified atom stereocenters. The minimum absolute atomic E-state index is 0.0541. The van der Waals surface area contributed by atoms with E-state index in [1.54, 1.807) is 14.0 Å². The molecule has 1 aromatic heterocycles. The molecule has 0 fully saturated rings. The number of hydrogen-bond acceptors (Lipinski definition) is 6. The van der Waals surface area contributed by atoms with Gasteiger partial charge in [-0.1, -0.05) is 0 Å². The average molecular weight is 487 g/mol. The molecule has 0 aliphatic heterocycles. The molecule has 0 bridgehead atoms. The van der Waals surface area contributed by atoms with Gasteiger partial charge < -0.3 is 0 Å². The standard InChI is InChI=1S/C23H24AsO5S/c1-5-28-20(25)12-15-8-6-7-9-18(15)24-23(26)22-21(29-14(2)3)17-13-16(27-4)10-11-19(17)30-22/h6-11,13-14H,5,12H2,1-4H3. The van der Waals surface area contributed by atoms with Crippen molar-refractivity contribution >= 4 is 52.1 Å². The van der Waals surface area contributed by atoms with Crippen molar-refractivity contribution in [2.24, 2.45) is 0 Å². The number of fused-ring (bicyclic) bond motifs is 1. The van der Waals surface area contributed by atoms with Crippen LogP contribution in [-0.4, -0.2) is 46.1 Å². The van der Waals surface area contributed by atoms with E-state index in [4.69, 9.17) is 14.2 Å². The van der Waals surface area contributed by atoms with Crippen LogP contribution in [-0.2, 0) is 16.0 Å². The molecule has 157 valence electrons. The Morgan fingerprint density at radius 1 is 1.13 bits per heavy atom. The van der Waals surface area contributed by atoms with Crippen molar-refractivity contribution in [1.29, 1.82) is 0 Å². The Hall–Kier alpha value is -2.30. The maximum atomic E-state index is 13.3. The van der Waals surface area contributed by atoms with E-state index in [9.17, 15) is 9.59 Å². The molecular formula is C23H24AsO5S. The van der Waals surface area contributed by atoms with Gasteiger partial charge in [0.1, 0.15) is 0 Å². The van der Waals surface area contributed by atoms with Crippen LogP contribution in [0.15, 0.2) is 42.5 Å². The van der Waals surface area contributed by atoms with Crippen LogP contribution in [0.5, 0.6) is 11.5 Å². The third kappa shape index (κ3) is 5.24. The number of thiophene rings is 1. The first-order valence-electron chi connectivity index (χ1n) is 9.69. The number of ether oxygens (including phenoxy) is 3. The number of esters is 1. The molecule has 0 amide bonds. The van der Waals surface area contributed by atoms with Crippen molar-refractivity contribution in [3.05, 3.63) is 52.9 Å². The van der Waals surface area contributed by atoms with Crippen LogP contribution in [0.2, 0.25) is 0 Å². The van der Waals surface area contributed by atoms with Gasteiger partial charge in [0.2, 0.25) is 0 Å². The predicted octanol–water partition coefficient (Wildman–Crippen LogP) is 3.97. The van der Waals surface area contributed by atoms with E-state index in [0.29, 0.717) is 17.2 Å². The summed E-state index contributed by atoms with van der Waals surface area (Å²) >= 11 is 0.602. The molecule has 7 heteroatoms. The second-order valence-corrected chi connectivity index (χ2v) is 10.2. The molecule has 0 saturated carbocycles. The summed E-state index contributed by atoms with van der Waals surface area (Å²) in [5, 5.41) is 0.886. The van der Waals surface area contributed by atoms with Crippen molar-refractivity contribution in [2.45, 2.75) is 33.3 Å².